The highest BCUT2D eigenvalue weighted by Crippen LogP contribution is 2.37. The molecule has 1 saturated carbocycles. The molecule has 1 aromatic carbocycles. The number of hydrogen-bond donors (Lipinski definition) is 1. The SMILES string of the molecule is CC1(C)CCC(Nc2ccc([N+](=O)[O-])cc2Br)CC1. The molecular formula is C14H19BrN2O2. The van der Waals surface area contributed by atoms with Gasteiger partial charge in [-0.1, -0.05) is 13.8 Å². The number of rotatable bonds is 3. The Morgan fingerprint density at radius 3 is 2.53 bits per heavy atom. The maximum atomic E-state index is 10.7. The van der Waals surface area contributed by atoms with Gasteiger partial charge in [0.25, 0.3) is 5.69 Å². The molecule has 2 rings (SSSR count). The van der Waals surface area contributed by atoms with E-state index in [4.69, 9.17) is 0 Å². The fourth-order valence-corrected chi connectivity index (χ4v) is 2.98. The van der Waals surface area contributed by atoms with Crippen molar-refractivity contribution in [2.75, 3.05) is 5.32 Å². The van der Waals surface area contributed by atoms with Gasteiger partial charge in [0, 0.05) is 28.3 Å². The summed E-state index contributed by atoms with van der Waals surface area (Å²) in [6.45, 7) is 4.62. The molecule has 1 N–H and O–H groups in total. The van der Waals surface area contributed by atoms with Crippen molar-refractivity contribution < 1.29 is 4.92 Å². The summed E-state index contributed by atoms with van der Waals surface area (Å²) in [5.74, 6) is 0. The Morgan fingerprint density at radius 2 is 2.00 bits per heavy atom. The molecule has 0 heterocycles. The lowest BCUT2D eigenvalue weighted by Crippen LogP contribution is -2.29. The summed E-state index contributed by atoms with van der Waals surface area (Å²) in [5.41, 5.74) is 1.50. The average Bonchev–Trinajstić information content (AvgIpc) is 2.34. The van der Waals surface area contributed by atoms with E-state index >= 15 is 0 Å². The van der Waals surface area contributed by atoms with Gasteiger partial charge in [0.15, 0.2) is 0 Å². The molecule has 4 nitrogen and oxygen atoms in total. The highest BCUT2D eigenvalue weighted by atomic mass is 79.9. The summed E-state index contributed by atoms with van der Waals surface area (Å²) < 4.78 is 0.756. The van der Waals surface area contributed by atoms with Crippen LogP contribution in [0.2, 0.25) is 0 Å². The van der Waals surface area contributed by atoms with E-state index in [0.717, 1.165) is 23.0 Å². The first-order valence-corrected chi connectivity index (χ1v) is 7.37. The molecule has 0 saturated heterocycles. The average molecular weight is 327 g/mol. The van der Waals surface area contributed by atoms with Crippen LogP contribution >= 0.6 is 15.9 Å². The highest BCUT2D eigenvalue weighted by molar-refractivity contribution is 9.10. The summed E-state index contributed by atoms with van der Waals surface area (Å²) in [6.07, 6.45) is 4.73. The van der Waals surface area contributed by atoms with Crippen LogP contribution in [0.15, 0.2) is 22.7 Å². The van der Waals surface area contributed by atoms with Gasteiger partial charge in [-0.3, -0.25) is 10.1 Å². The number of nitro groups is 1. The zero-order chi connectivity index (χ0) is 14.0. The number of nitrogens with one attached hydrogen (secondary N) is 1. The Morgan fingerprint density at radius 1 is 1.37 bits per heavy atom. The van der Waals surface area contributed by atoms with E-state index in [1.54, 1.807) is 18.2 Å². The Hall–Kier alpha value is -1.10. The van der Waals surface area contributed by atoms with Crippen LogP contribution in [0.1, 0.15) is 39.5 Å². The number of hydrogen-bond acceptors (Lipinski definition) is 3. The van der Waals surface area contributed by atoms with Gasteiger partial charge in [-0.15, -0.1) is 0 Å². The monoisotopic (exact) mass is 326 g/mol. The normalized spacial score (nSPS) is 19.1. The Kier molecular flexibility index (Phi) is 4.13. The molecule has 104 valence electrons. The summed E-state index contributed by atoms with van der Waals surface area (Å²) in [4.78, 5) is 10.3. The van der Waals surface area contributed by atoms with Gasteiger partial charge >= 0.3 is 0 Å². The molecule has 0 unspecified atom stereocenters. The number of anilines is 1. The van der Waals surface area contributed by atoms with Crippen molar-refractivity contribution in [3.63, 3.8) is 0 Å². The minimum absolute atomic E-state index is 0.113. The van der Waals surface area contributed by atoms with Crippen molar-refractivity contribution in [3.05, 3.63) is 32.8 Å². The second-order valence-corrected chi connectivity index (χ2v) is 6.86. The van der Waals surface area contributed by atoms with Gasteiger partial charge in [-0.2, -0.15) is 0 Å². The first kappa shape index (κ1) is 14.3. The molecule has 5 heteroatoms. The molecule has 0 spiro atoms. The highest BCUT2D eigenvalue weighted by Gasteiger charge is 2.27. The van der Waals surface area contributed by atoms with Crippen molar-refractivity contribution in [3.8, 4) is 0 Å². The zero-order valence-corrected chi connectivity index (χ0v) is 12.9. The number of nitro benzene ring substituents is 1. The van der Waals surface area contributed by atoms with Crippen LogP contribution in [-0.2, 0) is 0 Å². The number of non-ortho nitro benzene ring substituents is 1. The second kappa shape index (κ2) is 5.49. The van der Waals surface area contributed by atoms with Crippen LogP contribution in [-0.4, -0.2) is 11.0 Å². The smallest absolute Gasteiger partial charge is 0.270 e. The second-order valence-electron chi connectivity index (χ2n) is 6.00. The third-order valence-electron chi connectivity index (χ3n) is 3.86. The van der Waals surface area contributed by atoms with E-state index in [0.29, 0.717) is 11.5 Å². The molecule has 0 aliphatic heterocycles. The Bertz CT molecular complexity index is 478. The third-order valence-corrected chi connectivity index (χ3v) is 4.52. The number of benzene rings is 1. The van der Waals surface area contributed by atoms with Crippen molar-refractivity contribution in [2.24, 2.45) is 5.41 Å². The van der Waals surface area contributed by atoms with Crippen LogP contribution in [0.5, 0.6) is 0 Å². The van der Waals surface area contributed by atoms with Crippen LogP contribution in [0.25, 0.3) is 0 Å². The topological polar surface area (TPSA) is 55.2 Å². The van der Waals surface area contributed by atoms with Gasteiger partial charge in [0.2, 0.25) is 0 Å². The molecule has 0 amide bonds. The van der Waals surface area contributed by atoms with Crippen molar-refractivity contribution in [1.82, 2.24) is 0 Å². The van der Waals surface area contributed by atoms with Crippen LogP contribution < -0.4 is 5.32 Å². The summed E-state index contributed by atoms with van der Waals surface area (Å²) in [6, 6.07) is 5.34. The van der Waals surface area contributed by atoms with Gasteiger partial charge in [0.1, 0.15) is 0 Å². The molecule has 1 aromatic rings. The molecule has 0 atom stereocenters. The lowest BCUT2D eigenvalue weighted by atomic mass is 9.75. The summed E-state index contributed by atoms with van der Waals surface area (Å²) in [5, 5.41) is 14.2. The quantitative estimate of drug-likeness (QED) is 0.644. The fraction of sp³-hybridized carbons (Fsp3) is 0.571. The summed E-state index contributed by atoms with van der Waals surface area (Å²) >= 11 is 3.40. The van der Waals surface area contributed by atoms with Gasteiger partial charge in [0.05, 0.1) is 4.92 Å². The van der Waals surface area contributed by atoms with Crippen LogP contribution in [0.3, 0.4) is 0 Å². The maximum absolute atomic E-state index is 10.7. The predicted molar refractivity (Wildman–Crippen MR) is 80.5 cm³/mol. The largest absolute Gasteiger partial charge is 0.381 e. The van der Waals surface area contributed by atoms with E-state index in [1.807, 2.05) is 0 Å². The lowest BCUT2D eigenvalue weighted by Gasteiger charge is -2.35. The van der Waals surface area contributed by atoms with Gasteiger partial charge in [-0.25, -0.2) is 0 Å². The molecule has 1 aliphatic rings. The van der Waals surface area contributed by atoms with E-state index in [2.05, 4.69) is 35.1 Å². The molecule has 1 aliphatic carbocycles. The maximum Gasteiger partial charge on any atom is 0.270 e. The molecular weight excluding hydrogens is 308 g/mol. The van der Waals surface area contributed by atoms with Crippen molar-refractivity contribution in [2.45, 2.75) is 45.6 Å². The Labute approximate surface area is 121 Å². The van der Waals surface area contributed by atoms with Crippen LogP contribution in [0.4, 0.5) is 11.4 Å². The summed E-state index contributed by atoms with van der Waals surface area (Å²) in [7, 11) is 0. The first-order valence-electron chi connectivity index (χ1n) is 6.58. The molecule has 19 heavy (non-hydrogen) atoms. The van der Waals surface area contributed by atoms with E-state index in [1.165, 1.54) is 12.8 Å². The predicted octanol–water partition coefficient (Wildman–Crippen LogP) is 4.74. The number of nitrogens with zero attached hydrogens (tertiary/aromatic N) is 1. The number of halogens is 1. The van der Waals surface area contributed by atoms with Gasteiger partial charge < -0.3 is 5.32 Å². The van der Waals surface area contributed by atoms with Crippen LogP contribution in [0, 0.1) is 15.5 Å². The molecule has 0 aromatic heterocycles. The van der Waals surface area contributed by atoms with Gasteiger partial charge in [-0.05, 0) is 53.1 Å². The van der Waals surface area contributed by atoms with E-state index in [-0.39, 0.29) is 10.6 Å². The zero-order valence-electron chi connectivity index (χ0n) is 11.3. The standard InChI is InChI=1S/C14H19BrN2O2/c1-14(2)7-5-10(6-8-14)16-13-4-3-11(17(18)19)9-12(13)15/h3-4,9-10,16H,5-8H2,1-2H3. The minimum atomic E-state index is -0.377. The first-order chi connectivity index (χ1) is 8.87. The molecule has 1 fully saturated rings. The Balaban J connectivity index is 2.02. The third kappa shape index (κ3) is 3.69. The van der Waals surface area contributed by atoms with Crippen molar-refractivity contribution in [1.29, 1.82) is 0 Å². The molecule has 0 bridgehead atoms. The van der Waals surface area contributed by atoms with E-state index in [9.17, 15) is 10.1 Å². The minimum Gasteiger partial charge on any atom is -0.381 e. The van der Waals surface area contributed by atoms with Crippen molar-refractivity contribution >= 4 is 27.3 Å². The lowest BCUT2D eigenvalue weighted by molar-refractivity contribution is -0.384. The van der Waals surface area contributed by atoms with E-state index < -0.39 is 0 Å². The fourth-order valence-electron chi connectivity index (χ4n) is 2.50. The molecule has 0 radical (unpaired) electrons.